The normalized spacial score (nSPS) is 10.8. The van der Waals surface area contributed by atoms with E-state index in [0.29, 0.717) is 43.6 Å². The number of anilines is 1. The summed E-state index contributed by atoms with van der Waals surface area (Å²) in [5.41, 5.74) is 1.28. The Balaban J connectivity index is 1.61. The lowest BCUT2D eigenvalue weighted by molar-refractivity contribution is -0.111. The minimum atomic E-state index is -0.365. The number of carbonyl (C=O) groups excluding carboxylic acids is 1. The molecule has 7 nitrogen and oxygen atoms in total. The van der Waals surface area contributed by atoms with Crippen LogP contribution in [0.1, 0.15) is 11.1 Å². The van der Waals surface area contributed by atoms with E-state index in [4.69, 9.17) is 14.2 Å². The van der Waals surface area contributed by atoms with Crippen LogP contribution in [0.2, 0.25) is 0 Å². The molecule has 0 saturated carbocycles. The summed E-state index contributed by atoms with van der Waals surface area (Å²) in [6.45, 7) is 0. The molecule has 1 aromatic heterocycles. The molecule has 162 valence electrons. The van der Waals surface area contributed by atoms with Gasteiger partial charge in [0.1, 0.15) is 5.82 Å². The summed E-state index contributed by atoms with van der Waals surface area (Å²) < 4.78 is 30.2. The summed E-state index contributed by atoms with van der Waals surface area (Å²) in [5, 5.41) is 11.0. The van der Waals surface area contributed by atoms with E-state index in [0.717, 1.165) is 0 Å². The average Bonchev–Trinajstić information content (AvgIpc) is 3.23. The Labute approximate surface area is 187 Å². The summed E-state index contributed by atoms with van der Waals surface area (Å²) in [4.78, 5) is 12.2. The number of hydrogen-bond donors (Lipinski definition) is 1. The standard InChI is InChI=1S/C21H20FN3O4S2/c1-27-16-10-13(11-17(28-2)19(16)29-3)8-9-18(26)23-20-24-25-21(31-20)30-12-14-6-4-5-7-15(14)22/h4-11H,12H2,1-3H3,(H,23,24,26)/b9-8+. The third-order valence-corrected chi connectivity index (χ3v) is 6.08. The summed E-state index contributed by atoms with van der Waals surface area (Å²) in [6.07, 6.45) is 2.99. The Morgan fingerprint density at radius 3 is 2.48 bits per heavy atom. The van der Waals surface area contributed by atoms with E-state index < -0.39 is 0 Å². The molecule has 0 aliphatic heterocycles. The predicted molar refractivity (Wildman–Crippen MR) is 120 cm³/mol. The van der Waals surface area contributed by atoms with Crippen LogP contribution in [0.15, 0.2) is 46.8 Å². The van der Waals surface area contributed by atoms with Gasteiger partial charge in [0.05, 0.1) is 21.3 Å². The zero-order valence-corrected chi connectivity index (χ0v) is 18.7. The smallest absolute Gasteiger partial charge is 0.250 e. The molecule has 0 atom stereocenters. The molecule has 3 rings (SSSR count). The summed E-state index contributed by atoms with van der Waals surface area (Å²) in [7, 11) is 4.57. The molecular formula is C21H20FN3O4S2. The number of carbonyl (C=O) groups is 1. The summed E-state index contributed by atoms with van der Waals surface area (Å²) >= 11 is 2.57. The van der Waals surface area contributed by atoms with Gasteiger partial charge in [0.15, 0.2) is 15.8 Å². The van der Waals surface area contributed by atoms with Crippen molar-refractivity contribution in [2.45, 2.75) is 10.1 Å². The number of rotatable bonds is 9. The number of aromatic nitrogens is 2. The van der Waals surface area contributed by atoms with Crippen molar-refractivity contribution in [1.82, 2.24) is 10.2 Å². The van der Waals surface area contributed by atoms with Gasteiger partial charge in [-0.25, -0.2) is 4.39 Å². The largest absolute Gasteiger partial charge is 0.493 e. The van der Waals surface area contributed by atoms with Gasteiger partial charge in [-0.1, -0.05) is 41.3 Å². The van der Waals surface area contributed by atoms with Gasteiger partial charge in [-0.05, 0) is 35.4 Å². The van der Waals surface area contributed by atoms with Crippen LogP contribution in [-0.2, 0) is 10.5 Å². The number of nitrogens with one attached hydrogen (secondary N) is 1. The van der Waals surface area contributed by atoms with Crippen LogP contribution in [0, 0.1) is 5.82 Å². The maximum atomic E-state index is 13.7. The number of methoxy groups -OCH3 is 3. The second-order valence-electron chi connectivity index (χ2n) is 6.03. The van der Waals surface area contributed by atoms with Gasteiger partial charge in [0.25, 0.3) is 0 Å². The lowest BCUT2D eigenvalue weighted by Gasteiger charge is -2.12. The molecule has 0 aliphatic carbocycles. The molecule has 0 saturated heterocycles. The van der Waals surface area contributed by atoms with Gasteiger partial charge in [0.2, 0.25) is 16.8 Å². The number of amides is 1. The lowest BCUT2D eigenvalue weighted by atomic mass is 10.1. The van der Waals surface area contributed by atoms with Crippen molar-refractivity contribution < 1.29 is 23.4 Å². The lowest BCUT2D eigenvalue weighted by Crippen LogP contribution is -2.07. The highest BCUT2D eigenvalue weighted by Gasteiger charge is 2.13. The Bertz CT molecular complexity index is 1060. The number of halogens is 1. The average molecular weight is 462 g/mol. The first-order valence-corrected chi connectivity index (χ1v) is 10.8. The minimum Gasteiger partial charge on any atom is -0.493 e. The van der Waals surface area contributed by atoms with Crippen molar-refractivity contribution in [1.29, 1.82) is 0 Å². The first-order chi connectivity index (χ1) is 15.0. The summed E-state index contributed by atoms with van der Waals surface area (Å²) in [6, 6.07) is 10.0. The fourth-order valence-corrected chi connectivity index (χ4v) is 4.33. The van der Waals surface area contributed by atoms with Gasteiger partial charge in [0, 0.05) is 11.8 Å². The topological polar surface area (TPSA) is 82.6 Å². The highest BCUT2D eigenvalue weighted by Crippen LogP contribution is 2.38. The molecule has 0 unspecified atom stereocenters. The van der Waals surface area contributed by atoms with Crippen LogP contribution in [0.3, 0.4) is 0 Å². The molecule has 0 radical (unpaired) electrons. The number of thioether (sulfide) groups is 1. The van der Waals surface area contributed by atoms with Crippen LogP contribution in [0.25, 0.3) is 6.08 Å². The van der Waals surface area contributed by atoms with Crippen molar-refractivity contribution >= 4 is 40.2 Å². The second-order valence-corrected chi connectivity index (χ2v) is 8.23. The molecular weight excluding hydrogens is 441 g/mol. The molecule has 1 heterocycles. The third-order valence-electron chi connectivity index (χ3n) is 4.06. The highest BCUT2D eigenvalue weighted by atomic mass is 32.2. The van der Waals surface area contributed by atoms with E-state index in [9.17, 15) is 9.18 Å². The summed E-state index contributed by atoms with van der Waals surface area (Å²) in [5.74, 6) is 1.25. The van der Waals surface area contributed by atoms with Crippen LogP contribution in [0.4, 0.5) is 9.52 Å². The van der Waals surface area contributed by atoms with E-state index in [1.807, 2.05) is 0 Å². The Hall–Kier alpha value is -3.11. The van der Waals surface area contributed by atoms with Crippen molar-refractivity contribution in [3.63, 3.8) is 0 Å². The van der Waals surface area contributed by atoms with Gasteiger partial charge >= 0.3 is 0 Å². The molecule has 1 N–H and O–H groups in total. The van der Waals surface area contributed by atoms with Crippen LogP contribution < -0.4 is 19.5 Å². The maximum absolute atomic E-state index is 13.7. The van der Waals surface area contributed by atoms with Crippen molar-refractivity contribution in [2.24, 2.45) is 0 Å². The SMILES string of the molecule is COc1cc(/C=C/C(=O)Nc2nnc(SCc3ccccc3F)s2)cc(OC)c1OC. The van der Waals surface area contributed by atoms with Gasteiger partial charge in [-0.15, -0.1) is 10.2 Å². The Kier molecular flexibility index (Phi) is 7.85. The highest BCUT2D eigenvalue weighted by molar-refractivity contribution is 8.00. The second kappa shape index (κ2) is 10.8. The molecule has 0 aliphatic rings. The van der Waals surface area contributed by atoms with E-state index in [2.05, 4.69) is 15.5 Å². The molecule has 0 fully saturated rings. The van der Waals surface area contributed by atoms with Crippen molar-refractivity contribution in [2.75, 3.05) is 26.6 Å². The quantitative estimate of drug-likeness (QED) is 0.282. The van der Waals surface area contributed by atoms with Crippen LogP contribution in [0.5, 0.6) is 17.2 Å². The fraction of sp³-hybridized carbons (Fsp3) is 0.190. The number of nitrogens with zero attached hydrogens (tertiary/aromatic N) is 2. The van der Waals surface area contributed by atoms with Gasteiger partial charge < -0.3 is 14.2 Å². The van der Waals surface area contributed by atoms with E-state index in [1.165, 1.54) is 56.6 Å². The maximum Gasteiger partial charge on any atom is 0.250 e. The first kappa shape index (κ1) is 22.6. The Morgan fingerprint density at radius 1 is 1.13 bits per heavy atom. The fourth-order valence-electron chi connectivity index (χ4n) is 2.59. The monoisotopic (exact) mass is 461 g/mol. The Morgan fingerprint density at radius 2 is 1.84 bits per heavy atom. The number of benzene rings is 2. The van der Waals surface area contributed by atoms with E-state index in [-0.39, 0.29) is 11.7 Å². The number of hydrogen-bond acceptors (Lipinski definition) is 8. The zero-order valence-electron chi connectivity index (χ0n) is 17.0. The molecule has 0 spiro atoms. The zero-order chi connectivity index (χ0) is 22.2. The molecule has 10 heteroatoms. The van der Waals surface area contributed by atoms with E-state index in [1.54, 1.807) is 36.4 Å². The van der Waals surface area contributed by atoms with Crippen molar-refractivity contribution in [3.8, 4) is 17.2 Å². The molecule has 0 bridgehead atoms. The van der Waals surface area contributed by atoms with Crippen LogP contribution in [-0.4, -0.2) is 37.4 Å². The van der Waals surface area contributed by atoms with Crippen molar-refractivity contribution in [3.05, 3.63) is 59.4 Å². The minimum absolute atomic E-state index is 0.259. The third kappa shape index (κ3) is 5.96. The molecule has 1 amide bonds. The molecule has 3 aromatic rings. The van der Waals surface area contributed by atoms with Gasteiger partial charge in [-0.2, -0.15) is 0 Å². The molecule has 2 aromatic carbocycles. The number of ether oxygens (including phenoxy) is 3. The first-order valence-electron chi connectivity index (χ1n) is 9.02. The van der Waals surface area contributed by atoms with Gasteiger partial charge in [-0.3, -0.25) is 10.1 Å². The van der Waals surface area contributed by atoms with E-state index >= 15 is 0 Å². The van der Waals surface area contributed by atoms with Crippen LogP contribution >= 0.6 is 23.1 Å². The predicted octanol–water partition coefficient (Wildman–Crippen LogP) is 4.65. The molecule has 31 heavy (non-hydrogen) atoms.